The van der Waals surface area contributed by atoms with Crippen LogP contribution < -0.4 is 4.90 Å². The standard InChI is InChI=1S/C21H26N2O/c1-4-13-23(16(2)3)21(24)17-9-11-20(12-10-17)22-14-18-7-5-6-8-19(18)15-22/h5-12,16H,4,13-15H2,1-3H3. The number of amides is 1. The van der Waals surface area contributed by atoms with E-state index >= 15 is 0 Å². The highest BCUT2D eigenvalue weighted by Crippen LogP contribution is 2.28. The molecule has 0 N–H and O–H groups in total. The number of nitrogens with zero attached hydrogens (tertiary/aromatic N) is 2. The number of fused-ring (bicyclic) bond motifs is 1. The van der Waals surface area contributed by atoms with Crippen molar-refractivity contribution >= 4 is 11.6 Å². The van der Waals surface area contributed by atoms with E-state index < -0.39 is 0 Å². The highest BCUT2D eigenvalue weighted by atomic mass is 16.2. The van der Waals surface area contributed by atoms with Gasteiger partial charge in [-0.3, -0.25) is 4.79 Å². The second-order valence-electron chi connectivity index (χ2n) is 6.76. The summed E-state index contributed by atoms with van der Waals surface area (Å²) in [6.45, 7) is 8.94. The lowest BCUT2D eigenvalue weighted by Crippen LogP contribution is -2.37. The van der Waals surface area contributed by atoms with Crippen LogP contribution in [0.15, 0.2) is 48.5 Å². The Balaban J connectivity index is 1.73. The average Bonchev–Trinajstić information content (AvgIpc) is 3.03. The Hall–Kier alpha value is -2.29. The molecule has 1 aliphatic rings. The molecule has 1 aliphatic heterocycles. The van der Waals surface area contributed by atoms with E-state index in [4.69, 9.17) is 0 Å². The molecule has 0 fully saturated rings. The van der Waals surface area contributed by atoms with Crippen LogP contribution in [0.1, 0.15) is 48.7 Å². The zero-order valence-electron chi connectivity index (χ0n) is 14.8. The molecule has 0 aromatic heterocycles. The van der Waals surface area contributed by atoms with E-state index in [0.717, 1.165) is 31.6 Å². The molecule has 1 amide bonds. The summed E-state index contributed by atoms with van der Waals surface area (Å²) in [7, 11) is 0. The second kappa shape index (κ2) is 7.08. The Labute approximate surface area is 144 Å². The van der Waals surface area contributed by atoms with E-state index in [-0.39, 0.29) is 11.9 Å². The lowest BCUT2D eigenvalue weighted by Gasteiger charge is -2.26. The van der Waals surface area contributed by atoms with Crippen LogP contribution in [0.5, 0.6) is 0 Å². The molecule has 0 unspecified atom stereocenters. The SMILES string of the molecule is CCCN(C(=O)c1ccc(N2Cc3ccccc3C2)cc1)C(C)C. The van der Waals surface area contributed by atoms with Crippen molar-refractivity contribution in [2.45, 2.75) is 46.3 Å². The number of carbonyl (C=O) groups is 1. The summed E-state index contributed by atoms with van der Waals surface area (Å²) in [5, 5.41) is 0. The minimum atomic E-state index is 0.128. The normalized spacial score (nSPS) is 13.2. The maximum Gasteiger partial charge on any atom is 0.254 e. The van der Waals surface area contributed by atoms with Gasteiger partial charge in [-0.1, -0.05) is 31.2 Å². The van der Waals surface area contributed by atoms with Crippen LogP contribution >= 0.6 is 0 Å². The van der Waals surface area contributed by atoms with Gasteiger partial charge in [0.05, 0.1) is 0 Å². The van der Waals surface area contributed by atoms with Crippen LogP contribution in [0.25, 0.3) is 0 Å². The molecular weight excluding hydrogens is 296 g/mol. The fraction of sp³-hybridized carbons (Fsp3) is 0.381. The molecule has 24 heavy (non-hydrogen) atoms. The summed E-state index contributed by atoms with van der Waals surface area (Å²) >= 11 is 0. The summed E-state index contributed by atoms with van der Waals surface area (Å²) < 4.78 is 0. The van der Waals surface area contributed by atoms with Crippen molar-refractivity contribution in [3.63, 3.8) is 0 Å². The third kappa shape index (κ3) is 3.30. The van der Waals surface area contributed by atoms with Gasteiger partial charge < -0.3 is 9.80 Å². The van der Waals surface area contributed by atoms with Crippen molar-refractivity contribution < 1.29 is 4.79 Å². The van der Waals surface area contributed by atoms with Gasteiger partial charge >= 0.3 is 0 Å². The van der Waals surface area contributed by atoms with Crippen molar-refractivity contribution in [2.75, 3.05) is 11.4 Å². The highest BCUT2D eigenvalue weighted by Gasteiger charge is 2.20. The van der Waals surface area contributed by atoms with Gasteiger partial charge in [-0.2, -0.15) is 0 Å². The quantitative estimate of drug-likeness (QED) is 0.811. The molecule has 0 atom stereocenters. The van der Waals surface area contributed by atoms with E-state index in [9.17, 15) is 4.79 Å². The molecule has 3 rings (SSSR count). The average molecular weight is 322 g/mol. The van der Waals surface area contributed by atoms with Crippen molar-refractivity contribution in [1.82, 2.24) is 4.90 Å². The molecule has 1 heterocycles. The van der Waals surface area contributed by atoms with Gasteiger partial charge in [-0.15, -0.1) is 0 Å². The Morgan fingerprint density at radius 3 is 2.12 bits per heavy atom. The van der Waals surface area contributed by atoms with Gasteiger partial charge in [0.2, 0.25) is 0 Å². The summed E-state index contributed by atoms with van der Waals surface area (Å²) in [6, 6.07) is 16.9. The van der Waals surface area contributed by atoms with Gasteiger partial charge in [0, 0.05) is 36.9 Å². The maximum atomic E-state index is 12.7. The number of anilines is 1. The van der Waals surface area contributed by atoms with E-state index in [1.165, 1.54) is 16.8 Å². The number of hydrogen-bond acceptors (Lipinski definition) is 2. The Morgan fingerprint density at radius 1 is 1.04 bits per heavy atom. The van der Waals surface area contributed by atoms with Crippen molar-refractivity contribution in [1.29, 1.82) is 0 Å². The summed E-state index contributed by atoms with van der Waals surface area (Å²) in [5.74, 6) is 0.128. The Kier molecular flexibility index (Phi) is 4.89. The summed E-state index contributed by atoms with van der Waals surface area (Å²) in [6.07, 6.45) is 0.980. The smallest absolute Gasteiger partial charge is 0.254 e. The molecule has 3 nitrogen and oxygen atoms in total. The third-order valence-corrected chi connectivity index (χ3v) is 4.67. The molecule has 126 valence electrons. The molecule has 0 bridgehead atoms. The van der Waals surface area contributed by atoms with Crippen LogP contribution in [0.2, 0.25) is 0 Å². The molecule has 0 radical (unpaired) electrons. The third-order valence-electron chi connectivity index (χ3n) is 4.67. The Bertz CT molecular complexity index is 681. The van der Waals surface area contributed by atoms with Gasteiger partial charge in [0.25, 0.3) is 5.91 Å². The fourth-order valence-electron chi connectivity index (χ4n) is 3.33. The number of carbonyl (C=O) groups excluding carboxylic acids is 1. The molecule has 0 saturated carbocycles. The molecule has 0 saturated heterocycles. The van der Waals surface area contributed by atoms with Crippen LogP contribution in [-0.2, 0) is 13.1 Å². The number of benzene rings is 2. The molecular formula is C21H26N2O. The van der Waals surface area contributed by atoms with E-state index in [0.29, 0.717) is 0 Å². The van der Waals surface area contributed by atoms with Crippen LogP contribution in [0, 0.1) is 0 Å². The van der Waals surface area contributed by atoms with Crippen molar-refractivity contribution in [2.24, 2.45) is 0 Å². The summed E-state index contributed by atoms with van der Waals surface area (Å²) in [5.41, 5.74) is 4.74. The minimum absolute atomic E-state index is 0.128. The first-order chi connectivity index (χ1) is 11.6. The first-order valence-corrected chi connectivity index (χ1v) is 8.83. The zero-order valence-corrected chi connectivity index (χ0v) is 14.8. The lowest BCUT2D eigenvalue weighted by molar-refractivity contribution is 0.0706. The molecule has 2 aromatic rings. The number of rotatable bonds is 5. The first-order valence-electron chi connectivity index (χ1n) is 8.83. The molecule has 3 heteroatoms. The van der Waals surface area contributed by atoms with Gasteiger partial charge in [0.15, 0.2) is 0 Å². The molecule has 0 spiro atoms. The lowest BCUT2D eigenvalue weighted by atomic mass is 10.1. The fourth-order valence-corrected chi connectivity index (χ4v) is 3.33. The highest BCUT2D eigenvalue weighted by molar-refractivity contribution is 5.94. The van der Waals surface area contributed by atoms with Crippen LogP contribution in [-0.4, -0.2) is 23.4 Å². The number of hydrogen-bond donors (Lipinski definition) is 0. The first kappa shape index (κ1) is 16.6. The maximum absolute atomic E-state index is 12.7. The van der Waals surface area contributed by atoms with E-state index in [2.05, 4.69) is 62.1 Å². The van der Waals surface area contributed by atoms with Crippen molar-refractivity contribution in [3.05, 3.63) is 65.2 Å². The predicted octanol–water partition coefficient (Wildman–Crippen LogP) is 4.47. The summed E-state index contributed by atoms with van der Waals surface area (Å²) in [4.78, 5) is 17.0. The largest absolute Gasteiger partial charge is 0.363 e. The van der Waals surface area contributed by atoms with E-state index in [1.807, 2.05) is 17.0 Å². The van der Waals surface area contributed by atoms with Crippen molar-refractivity contribution in [3.8, 4) is 0 Å². The van der Waals surface area contributed by atoms with Gasteiger partial charge in [-0.05, 0) is 55.7 Å². The van der Waals surface area contributed by atoms with Gasteiger partial charge in [-0.25, -0.2) is 0 Å². The Morgan fingerprint density at radius 2 is 1.62 bits per heavy atom. The van der Waals surface area contributed by atoms with Crippen LogP contribution in [0.4, 0.5) is 5.69 Å². The van der Waals surface area contributed by atoms with E-state index in [1.54, 1.807) is 0 Å². The second-order valence-corrected chi connectivity index (χ2v) is 6.76. The van der Waals surface area contributed by atoms with Gasteiger partial charge in [0.1, 0.15) is 0 Å². The zero-order chi connectivity index (χ0) is 17.1. The van der Waals surface area contributed by atoms with Crippen LogP contribution in [0.3, 0.4) is 0 Å². The topological polar surface area (TPSA) is 23.6 Å². The predicted molar refractivity (Wildman–Crippen MR) is 99.2 cm³/mol. The molecule has 2 aromatic carbocycles. The minimum Gasteiger partial charge on any atom is -0.363 e. The monoisotopic (exact) mass is 322 g/mol. The molecule has 0 aliphatic carbocycles.